The predicted molar refractivity (Wildman–Crippen MR) is 92.4 cm³/mol. The lowest BCUT2D eigenvalue weighted by Crippen LogP contribution is -2.29. The molecule has 5 nitrogen and oxygen atoms in total. The third-order valence-corrected chi connectivity index (χ3v) is 5.03. The normalized spacial score (nSPS) is 24.0. The number of methoxy groups -OCH3 is 1. The molecule has 0 aromatic heterocycles. The number of hydrogen-bond donors (Lipinski definition) is 1. The number of rotatable bonds is 3. The molecular formula is C19H18N2O3. The average Bonchev–Trinajstić information content (AvgIpc) is 3.10. The van der Waals surface area contributed by atoms with Crippen molar-refractivity contribution in [2.24, 2.45) is 5.92 Å². The van der Waals surface area contributed by atoms with Gasteiger partial charge in [0.2, 0.25) is 0 Å². The molecule has 2 aliphatic rings. The van der Waals surface area contributed by atoms with E-state index in [2.05, 4.69) is 29.6 Å². The first-order valence-electron chi connectivity index (χ1n) is 8.03. The number of nitro benzene ring substituents is 1. The van der Waals surface area contributed by atoms with Crippen LogP contribution in [-0.4, -0.2) is 12.0 Å². The number of nitrogens with zero attached hydrogens (tertiary/aromatic N) is 1. The average molecular weight is 322 g/mol. The molecule has 1 N–H and O–H groups in total. The van der Waals surface area contributed by atoms with Gasteiger partial charge in [0.05, 0.1) is 18.1 Å². The lowest BCUT2D eigenvalue weighted by molar-refractivity contribution is -0.384. The fraction of sp³-hybridized carbons (Fsp3) is 0.263. The standard InChI is InChI=1S/C19H18N2O3/c1-24-14-8-5-12(6-9-14)19-16-4-2-3-15(16)17-11-13(21(22)23)7-10-18(17)20-19/h2-3,5-11,15-16,19-20H,4H2,1H3/t15-,16+,19+/m0/s1. The third kappa shape index (κ3) is 2.33. The molecule has 0 amide bonds. The summed E-state index contributed by atoms with van der Waals surface area (Å²) in [6.07, 6.45) is 5.34. The second-order valence-corrected chi connectivity index (χ2v) is 6.28. The van der Waals surface area contributed by atoms with Gasteiger partial charge in [-0.1, -0.05) is 24.3 Å². The van der Waals surface area contributed by atoms with Gasteiger partial charge < -0.3 is 10.1 Å². The van der Waals surface area contributed by atoms with Gasteiger partial charge in [-0.3, -0.25) is 10.1 Å². The highest BCUT2D eigenvalue weighted by Crippen LogP contribution is 2.50. The topological polar surface area (TPSA) is 64.4 Å². The van der Waals surface area contributed by atoms with Crippen LogP contribution in [0.4, 0.5) is 11.4 Å². The van der Waals surface area contributed by atoms with Gasteiger partial charge in [-0.25, -0.2) is 0 Å². The van der Waals surface area contributed by atoms with Crippen LogP contribution in [-0.2, 0) is 0 Å². The fourth-order valence-electron chi connectivity index (χ4n) is 3.84. The third-order valence-electron chi connectivity index (χ3n) is 5.03. The molecule has 24 heavy (non-hydrogen) atoms. The number of nitrogens with one attached hydrogen (secondary N) is 1. The molecule has 122 valence electrons. The van der Waals surface area contributed by atoms with E-state index in [1.165, 1.54) is 5.56 Å². The molecule has 5 heteroatoms. The maximum atomic E-state index is 11.1. The number of anilines is 1. The van der Waals surface area contributed by atoms with Crippen molar-refractivity contribution in [1.82, 2.24) is 0 Å². The van der Waals surface area contributed by atoms with Gasteiger partial charge in [-0.15, -0.1) is 0 Å². The zero-order valence-electron chi connectivity index (χ0n) is 13.3. The number of ether oxygens (including phenoxy) is 1. The van der Waals surface area contributed by atoms with E-state index in [-0.39, 0.29) is 22.6 Å². The van der Waals surface area contributed by atoms with Crippen LogP contribution >= 0.6 is 0 Å². The van der Waals surface area contributed by atoms with E-state index in [9.17, 15) is 10.1 Å². The van der Waals surface area contributed by atoms with Gasteiger partial charge in [-0.05, 0) is 41.7 Å². The Morgan fingerprint density at radius 3 is 2.71 bits per heavy atom. The molecule has 0 saturated heterocycles. The second-order valence-electron chi connectivity index (χ2n) is 6.28. The summed E-state index contributed by atoms with van der Waals surface area (Å²) < 4.78 is 5.24. The molecule has 0 spiro atoms. The van der Waals surface area contributed by atoms with Crippen LogP contribution in [0.2, 0.25) is 0 Å². The van der Waals surface area contributed by atoms with Crippen LogP contribution in [0.15, 0.2) is 54.6 Å². The molecule has 3 atom stereocenters. The predicted octanol–water partition coefficient (Wildman–Crippen LogP) is 4.43. The van der Waals surface area contributed by atoms with Crippen molar-refractivity contribution < 1.29 is 9.66 Å². The molecule has 0 radical (unpaired) electrons. The zero-order valence-corrected chi connectivity index (χ0v) is 13.3. The fourth-order valence-corrected chi connectivity index (χ4v) is 3.84. The first-order valence-corrected chi connectivity index (χ1v) is 8.03. The van der Waals surface area contributed by atoms with Crippen molar-refractivity contribution in [3.8, 4) is 5.75 Å². The maximum absolute atomic E-state index is 11.1. The molecule has 0 fully saturated rings. The molecule has 0 saturated carbocycles. The number of nitro groups is 1. The lowest BCUT2D eigenvalue weighted by atomic mass is 9.77. The summed E-state index contributed by atoms with van der Waals surface area (Å²) in [6.45, 7) is 0. The van der Waals surface area contributed by atoms with Gasteiger partial charge >= 0.3 is 0 Å². The van der Waals surface area contributed by atoms with E-state index in [0.29, 0.717) is 5.92 Å². The highest BCUT2D eigenvalue weighted by atomic mass is 16.6. The Morgan fingerprint density at radius 1 is 1.21 bits per heavy atom. The molecule has 1 aliphatic heterocycles. The van der Waals surface area contributed by atoms with E-state index in [1.807, 2.05) is 18.2 Å². The molecule has 1 heterocycles. The summed E-state index contributed by atoms with van der Waals surface area (Å²) in [5.41, 5.74) is 3.36. The van der Waals surface area contributed by atoms with Crippen LogP contribution in [0.1, 0.15) is 29.5 Å². The van der Waals surface area contributed by atoms with Gasteiger partial charge in [0.15, 0.2) is 0 Å². The molecular weight excluding hydrogens is 304 g/mol. The quantitative estimate of drug-likeness (QED) is 0.516. The number of fused-ring (bicyclic) bond motifs is 3. The largest absolute Gasteiger partial charge is 0.497 e. The van der Waals surface area contributed by atoms with Gasteiger partial charge in [0, 0.05) is 23.7 Å². The van der Waals surface area contributed by atoms with Gasteiger partial charge in [-0.2, -0.15) is 0 Å². The number of hydrogen-bond acceptors (Lipinski definition) is 4. The van der Waals surface area contributed by atoms with Crippen LogP contribution in [0.5, 0.6) is 5.75 Å². The Balaban J connectivity index is 1.73. The van der Waals surface area contributed by atoms with Crippen molar-refractivity contribution >= 4 is 11.4 Å². The van der Waals surface area contributed by atoms with Crippen molar-refractivity contribution in [3.05, 3.63) is 75.9 Å². The van der Waals surface area contributed by atoms with E-state index >= 15 is 0 Å². The van der Waals surface area contributed by atoms with Crippen LogP contribution in [0.25, 0.3) is 0 Å². The summed E-state index contributed by atoms with van der Waals surface area (Å²) in [7, 11) is 1.66. The van der Waals surface area contributed by atoms with Crippen molar-refractivity contribution in [2.45, 2.75) is 18.4 Å². The molecule has 0 unspecified atom stereocenters. The summed E-state index contributed by atoms with van der Waals surface area (Å²) >= 11 is 0. The molecule has 4 rings (SSSR count). The first kappa shape index (κ1) is 14.8. The minimum absolute atomic E-state index is 0.150. The Bertz CT molecular complexity index is 814. The lowest BCUT2D eigenvalue weighted by Gasteiger charge is -2.37. The minimum Gasteiger partial charge on any atom is -0.497 e. The van der Waals surface area contributed by atoms with Crippen molar-refractivity contribution in [1.29, 1.82) is 0 Å². The second kappa shape index (κ2) is 5.67. The maximum Gasteiger partial charge on any atom is 0.269 e. The van der Waals surface area contributed by atoms with Gasteiger partial charge in [0.1, 0.15) is 5.75 Å². The molecule has 2 aromatic carbocycles. The number of non-ortho nitro benzene ring substituents is 1. The highest BCUT2D eigenvalue weighted by molar-refractivity contribution is 5.63. The van der Waals surface area contributed by atoms with E-state index in [4.69, 9.17) is 4.74 Å². The van der Waals surface area contributed by atoms with E-state index < -0.39 is 0 Å². The number of benzene rings is 2. The molecule has 2 aromatic rings. The molecule has 0 bridgehead atoms. The Morgan fingerprint density at radius 2 is 2.00 bits per heavy atom. The summed E-state index contributed by atoms with van der Waals surface area (Å²) in [5, 5.41) is 14.7. The van der Waals surface area contributed by atoms with Crippen molar-refractivity contribution in [3.63, 3.8) is 0 Å². The van der Waals surface area contributed by atoms with Crippen molar-refractivity contribution in [2.75, 3.05) is 12.4 Å². The summed E-state index contributed by atoms with van der Waals surface area (Å²) in [4.78, 5) is 10.8. The van der Waals surface area contributed by atoms with Gasteiger partial charge in [0.25, 0.3) is 5.69 Å². The first-order chi connectivity index (χ1) is 11.7. The highest BCUT2D eigenvalue weighted by Gasteiger charge is 2.38. The number of allylic oxidation sites excluding steroid dienone is 2. The smallest absolute Gasteiger partial charge is 0.269 e. The summed E-state index contributed by atoms with van der Waals surface area (Å²) in [5.74, 6) is 1.42. The van der Waals surface area contributed by atoms with E-state index in [1.54, 1.807) is 19.2 Å². The minimum atomic E-state index is -0.330. The van der Waals surface area contributed by atoms with E-state index in [0.717, 1.165) is 23.4 Å². The van der Waals surface area contributed by atoms with Crippen LogP contribution in [0, 0.1) is 16.0 Å². The zero-order chi connectivity index (χ0) is 16.7. The molecule has 1 aliphatic carbocycles. The Labute approximate surface area is 140 Å². The monoisotopic (exact) mass is 322 g/mol. The van der Waals surface area contributed by atoms with Crippen LogP contribution in [0.3, 0.4) is 0 Å². The SMILES string of the molecule is COc1ccc([C@H]2Nc3ccc([N+](=O)[O-])cc3[C@H]3C=CC[C@H]32)cc1. The Hall–Kier alpha value is -2.82. The Kier molecular flexibility index (Phi) is 3.49. The summed E-state index contributed by atoms with van der Waals surface area (Å²) in [6, 6.07) is 13.4. The van der Waals surface area contributed by atoms with Crippen LogP contribution < -0.4 is 10.1 Å².